The van der Waals surface area contributed by atoms with Crippen molar-refractivity contribution in [2.75, 3.05) is 6.61 Å². The number of ether oxygens (including phenoxy) is 2. The number of rotatable bonds is 7. The van der Waals surface area contributed by atoms with Gasteiger partial charge >= 0.3 is 0 Å². The first kappa shape index (κ1) is 20.9. The topological polar surface area (TPSA) is 69.0 Å². The summed E-state index contributed by atoms with van der Waals surface area (Å²) in [6, 6.07) is 10.9. The summed E-state index contributed by atoms with van der Waals surface area (Å²) in [7, 11) is 0. The monoisotopic (exact) mass is 435 g/mol. The van der Waals surface area contributed by atoms with E-state index in [2.05, 4.69) is 6.92 Å². The largest absolute Gasteiger partial charge is 0.494 e. The van der Waals surface area contributed by atoms with Crippen LogP contribution in [-0.2, 0) is 20.9 Å². The van der Waals surface area contributed by atoms with Gasteiger partial charge in [-0.2, -0.15) is 0 Å². The van der Waals surface area contributed by atoms with Crippen LogP contribution >= 0.6 is 0 Å². The molecule has 5 rings (SSSR count). The first-order valence-electron chi connectivity index (χ1n) is 11.7. The van der Waals surface area contributed by atoms with Crippen LogP contribution in [0.4, 0.5) is 0 Å². The van der Waals surface area contributed by atoms with Crippen LogP contribution in [0.2, 0.25) is 0 Å². The molecule has 3 heterocycles. The second-order valence-electron chi connectivity index (χ2n) is 8.84. The number of carbonyl (C=O) groups excluding carboxylic acids is 2. The number of ketones is 1. The van der Waals surface area contributed by atoms with Crippen molar-refractivity contribution in [3.8, 4) is 5.75 Å². The molecule has 1 aliphatic carbocycles. The lowest BCUT2D eigenvalue weighted by Crippen LogP contribution is -2.39. The predicted molar refractivity (Wildman–Crippen MR) is 118 cm³/mol. The van der Waals surface area contributed by atoms with Crippen LogP contribution in [0.1, 0.15) is 62.8 Å². The molecule has 1 aromatic carbocycles. The van der Waals surface area contributed by atoms with Gasteiger partial charge in [0.2, 0.25) is 0 Å². The maximum absolute atomic E-state index is 13.6. The third-order valence-corrected chi connectivity index (χ3v) is 6.73. The highest BCUT2D eigenvalue weighted by Crippen LogP contribution is 2.47. The Labute approximate surface area is 188 Å². The Morgan fingerprint density at radius 3 is 2.66 bits per heavy atom. The number of carbonyl (C=O) groups is 2. The van der Waals surface area contributed by atoms with Gasteiger partial charge in [-0.25, -0.2) is 0 Å². The summed E-state index contributed by atoms with van der Waals surface area (Å²) >= 11 is 0. The summed E-state index contributed by atoms with van der Waals surface area (Å²) in [5.41, 5.74) is 1.38. The van der Waals surface area contributed by atoms with Crippen LogP contribution in [0.15, 0.2) is 58.4 Å². The third-order valence-electron chi connectivity index (χ3n) is 6.73. The lowest BCUT2D eigenvalue weighted by molar-refractivity contribution is -0.135. The maximum atomic E-state index is 13.6. The Bertz CT molecular complexity index is 1010. The van der Waals surface area contributed by atoms with Gasteiger partial charge in [0.05, 0.1) is 36.9 Å². The van der Waals surface area contributed by atoms with Gasteiger partial charge in [-0.05, 0) is 55.5 Å². The Balaban J connectivity index is 1.49. The van der Waals surface area contributed by atoms with Gasteiger partial charge in [-0.1, -0.05) is 31.9 Å². The quantitative estimate of drug-likeness (QED) is 0.576. The van der Waals surface area contributed by atoms with E-state index in [1.54, 1.807) is 17.2 Å². The average Bonchev–Trinajstić information content (AvgIpc) is 3.42. The Hall–Kier alpha value is -3.02. The minimum atomic E-state index is -0.484. The van der Waals surface area contributed by atoms with Gasteiger partial charge in [0, 0.05) is 0 Å². The molecule has 2 aromatic rings. The van der Waals surface area contributed by atoms with E-state index in [9.17, 15) is 9.59 Å². The van der Waals surface area contributed by atoms with Crippen LogP contribution in [0.5, 0.6) is 5.75 Å². The fourth-order valence-corrected chi connectivity index (χ4v) is 5.05. The lowest BCUT2D eigenvalue weighted by Gasteiger charge is -2.35. The normalized spacial score (nSPS) is 24.9. The van der Waals surface area contributed by atoms with E-state index in [-0.39, 0.29) is 36.0 Å². The zero-order valence-corrected chi connectivity index (χ0v) is 18.4. The summed E-state index contributed by atoms with van der Waals surface area (Å²) in [6.07, 6.45) is 7.19. The molecule has 1 amide bonds. The second kappa shape index (κ2) is 8.85. The molecule has 1 fully saturated rings. The van der Waals surface area contributed by atoms with Crippen LogP contribution in [0.3, 0.4) is 0 Å². The van der Waals surface area contributed by atoms with Crippen molar-refractivity contribution in [1.82, 2.24) is 4.90 Å². The van der Waals surface area contributed by atoms with Gasteiger partial charge in [-0.15, -0.1) is 0 Å². The molecular weight excluding hydrogens is 406 g/mol. The van der Waals surface area contributed by atoms with E-state index in [0.717, 1.165) is 49.8 Å². The second-order valence-corrected chi connectivity index (χ2v) is 8.84. The summed E-state index contributed by atoms with van der Waals surface area (Å²) in [4.78, 5) is 28.7. The van der Waals surface area contributed by atoms with Crippen LogP contribution in [-0.4, -0.2) is 29.3 Å². The molecule has 6 heteroatoms. The average molecular weight is 436 g/mol. The van der Waals surface area contributed by atoms with Gasteiger partial charge in [0.15, 0.2) is 11.5 Å². The molecule has 32 heavy (non-hydrogen) atoms. The van der Waals surface area contributed by atoms with E-state index in [1.807, 2.05) is 30.3 Å². The number of furan rings is 1. The van der Waals surface area contributed by atoms with E-state index >= 15 is 0 Å². The highest BCUT2D eigenvalue weighted by atomic mass is 16.5. The standard InChI is InChI=1S/C26H29NO5/c1-2-3-14-30-18-12-10-17(11-13-18)23-22-24(28)20-8-4-5-9-21(20)32-25(22)26(29)27(23)16-19-7-6-15-31-19/h6-7,10-13,15,20-21,23H,2-5,8-9,14,16H2,1H3. The van der Waals surface area contributed by atoms with Crippen LogP contribution in [0, 0.1) is 5.92 Å². The maximum Gasteiger partial charge on any atom is 0.290 e. The molecule has 1 saturated carbocycles. The van der Waals surface area contributed by atoms with Crippen molar-refractivity contribution < 1.29 is 23.5 Å². The number of amides is 1. The fourth-order valence-electron chi connectivity index (χ4n) is 5.05. The molecule has 0 spiro atoms. The van der Waals surface area contributed by atoms with Gasteiger partial charge in [-0.3, -0.25) is 9.59 Å². The molecule has 3 atom stereocenters. The van der Waals surface area contributed by atoms with E-state index in [1.165, 1.54) is 0 Å². The highest BCUT2D eigenvalue weighted by Gasteiger charge is 2.52. The molecule has 168 valence electrons. The number of benzene rings is 1. The Morgan fingerprint density at radius 1 is 1.09 bits per heavy atom. The molecule has 3 unspecified atom stereocenters. The smallest absolute Gasteiger partial charge is 0.290 e. The minimum absolute atomic E-state index is 0.0690. The molecule has 3 aliphatic rings. The first-order chi connectivity index (χ1) is 15.7. The van der Waals surface area contributed by atoms with E-state index in [0.29, 0.717) is 17.9 Å². The zero-order chi connectivity index (χ0) is 22.1. The van der Waals surface area contributed by atoms with Crippen molar-refractivity contribution in [1.29, 1.82) is 0 Å². The fraction of sp³-hybridized carbons (Fsp3) is 0.462. The minimum Gasteiger partial charge on any atom is -0.494 e. The molecule has 0 radical (unpaired) electrons. The van der Waals surface area contributed by atoms with Gasteiger partial charge in [0.25, 0.3) is 5.91 Å². The molecule has 0 bridgehead atoms. The van der Waals surface area contributed by atoms with Crippen molar-refractivity contribution in [2.24, 2.45) is 5.92 Å². The molecule has 1 aromatic heterocycles. The molecule has 0 saturated heterocycles. The number of fused-ring (bicyclic) bond motifs is 1. The Morgan fingerprint density at radius 2 is 1.91 bits per heavy atom. The molecule has 2 aliphatic heterocycles. The van der Waals surface area contributed by atoms with E-state index < -0.39 is 6.04 Å². The number of nitrogens with zero attached hydrogens (tertiary/aromatic N) is 1. The predicted octanol–water partition coefficient (Wildman–Crippen LogP) is 4.95. The van der Waals surface area contributed by atoms with Crippen molar-refractivity contribution in [3.63, 3.8) is 0 Å². The van der Waals surface area contributed by atoms with E-state index in [4.69, 9.17) is 13.9 Å². The van der Waals surface area contributed by atoms with Crippen LogP contribution < -0.4 is 4.74 Å². The first-order valence-corrected chi connectivity index (χ1v) is 11.7. The van der Waals surface area contributed by atoms with Gasteiger partial charge in [0.1, 0.15) is 17.6 Å². The zero-order valence-electron chi connectivity index (χ0n) is 18.4. The van der Waals surface area contributed by atoms with Gasteiger partial charge < -0.3 is 18.8 Å². The summed E-state index contributed by atoms with van der Waals surface area (Å²) in [6.45, 7) is 3.08. The van der Waals surface area contributed by atoms with Crippen molar-refractivity contribution >= 4 is 11.7 Å². The third kappa shape index (κ3) is 3.72. The Kier molecular flexibility index (Phi) is 5.77. The lowest BCUT2D eigenvalue weighted by atomic mass is 9.77. The molecule has 6 nitrogen and oxygen atoms in total. The van der Waals surface area contributed by atoms with Crippen molar-refractivity contribution in [2.45, 2.75) is 64.1 Å². The number of unbranched alkanes of at least 4 members (excludes halogenated alkanes) is 1. The molecular formula is C26H29NO5. The number of Topliss-reactive ketones (excluding diaryl/α,β-unsaturated/α-hetero) is 1. The van der Waals surface area contributed by atoms with Crippen molar-refractivity contribution in [3.05, 3.63) is 65.3 Å². The summed E-state index contributed by atoms with van der Waals surface area (Å²) in [5, 5.41) is 0. The summed E-state index contributed by atoms with van der Waals surface area (Å²) in [5.74, 6) is 1.38. The number of hydrogen-bond acceptors (Lipinski definition) is 5. The SMILES string of the molecule is CCCCOc1ccc(C2C3=C(OC4CCCCC4C3=O)C(=O)N2Cc2ccco2)cc1. The summed E-state index contributed by atoms with van der Waals surface area (Å²) < 4.78 is 17.5. The highest BCUT2D eigenvalue weighted by molar-refractivity contribution is 6.11. The molecule has 0 N–H and O–H groups in total. The number of hydrogen-bond donors (Lipinski definition) is 0. The van der Waals surface area contributed by atoms with Crippen LogP contribution in [0.25, 0.3) is 0 Å².